The van der Waals surface area contributed by atoms with Crippen LogP contribution < -0.4 is 10.1 Å². The average Bonchev–Trinajstić information content (AvgIpc) is 2.58. The first-order valence-corrected chi connectivity index (χ1v) is 12.6. The van der Waals surface area contributed by atoms with Crippen LogP contribution in [0.2, 0.25) is 0 Å². The number of nitrogens with zero attached hydrogens (tertiary/aromatic N) is 1. The molecule has 0 radical (unpaired) electrons. The monoisotopic (exact) mass is 434 g/mol. The van der Waals surface area contributed by atoms with Crippen LogP contribution in [0.15, 0.2) is 24.3 Å². The van der Waals surface area contributed by atoms with Gasteiger partial charge in [0, 0.05) is 6.04 Å². The van der Waals surface area contributed by atoms with Crippen LogP contribution in [0.4, 0.5) is 4.79 Å². The lowest BCUT2D eigenvalue weighted by molar-refractivity contribution is 0.202. The highest BCUT2D eigenvalue weighted by atomic mass is 32.5. The second kappa shape index (κ2) is 12.0. The summed E-state index contributed by atoms with van der Waals surface area (Å²) in [5, 5.41) is 2.74. The molecule has 1 amide bonds. The molecule has 0 heterocycles. The third-order valence-corrected chi connectivity index (χ3v) is 8.95. The average molecular weight is 435 g/mol. The molecule has 0 bridgehead atoms. The number of carbonyl (C=O) groups excluding carboxylic acids is 1. The molecule has 9 heteroatoms. The van der Waals surface area contributed by atoms with E-state index in [1.54, 1.807) is 6.07 Å². The zero-order valence-electron chi connectivity index (χ0n) is 16.9. The minimum absolute atomic E-state index is 0.0967. The first kappa shape index (κ1) is 24.4. The Morgan fingerprint density at radius 1 is 1.22 bits per heavy atom. The third kappa shape index (κ3) is 8.10. The van der Waals surface area contributed by atoms with Gasteiger partial charge in [-0.3, -0.25) is 0 Å². The number of benzene rings is 1. The molecule has 0 saturated carbocycles. The van der Waals surface area contributed by atoms with Crippen LogP contribution in [0.5, 0.6) is 5.75 Å². The summed E-state index contributed by atoms with van der Waals surface area (Å²) >= 11 is 7.03. The maximum absolute atomic E-state index is 12.1. The van der Waals surface area contributed by atoms with E-state index in [0.29, 0.717) is 30.8 Å². The molecule has 0 fully saturated rings. The molecule has 1 rings (SSSR count). The van der Waals surface area contributed by atoms with Gasteiger partial charge in [0.25, 0.3) is 6.64 Å². The van der Waals surface area contributed by atoms with E-state index >= 15 is 0 Å². The highest BCUT2D eigenvalue weighted by molar-refractivity contribution is 8.15. The third-order valence-electron chi connectivity index (χ3n) is 3.42. The molecule has 0 aliphatic heterocycles. The summed E-state index contributed by atoms with van der Waals surface area (Å²) < 4.78 is 18.8. The van der Waals surface area contributed by atoms with Crippen molar-refractivity contribution >= 4 is 36.5 Å². The highest BCUT2D eigenvalue weighted by Gasteiger charge is 2.31. The van der Waals surface area contributed by atoms with E-state index < -0.39 is 12.7 Å². The van der Waals surface area contributed by atoms with Crippen molar-refractivity contribution in [2.24, 2.45) is 0 Å². The number of carbonyl (C=O) groups is 1. The molecule has 154 valence electrons. The van der Waals surface area contributed by atoms with Gasteiger partial charge in [-0.15, -0.1) is 0 Å². The minimum Gasteiger partial charge on any atom is -0.410 e. The minimum atomic E-state index is -2.59. The van der Waals surface area contributed by atoms with Crippen LogP contribution in [0, 0.1) is 0 Å². The van der Waals surface area contributed by atoms with Crippen molar-refractivity contribution in [3.05, 3.63) is 29.8 Å². The SMILES string of the molecule is CCOP(=S)(OCC)N(SCNC(=O)Oc1cccc(C(C)C)c1)C(C)C. The fraction of sp³-hybridized carbons (Fsp3) is 0.611. The summed E-state index contributed by atoms with van der Waals surface area (Å²) in [6, 6.07) is 7.64. The fourth-order valence-corrected chi connectivity index (χ4v) is 6.99. The molecule has 0 aromatic heterocycles. The van der Waals surface area contributed by atoms with Crippen molar-refractivity contribution in [2.75, 3.05) is 19.1 Å². The van der Waals surface area contributed by atoms with Crippen molar-refractivity contribution in [1.82, 2.24) is 9.39 Å². The highest BCUT2D eigenvalue weighted by Crippen LogP contribution is 2.56. The van der Waals surface area contributed by atoms with Gasteiger partial charge in [0.2, 0.25) is 0 Å². The van der Waals surface area contributed by atoms with Crippen molar-refractivity contribution in [3.63, 3.8) is 0 Å². The van der Waals surface area contributed by atoms with Gasteiger partial charge >= 0.3 is 6.09 Å². The summed E-state index contributed by atoms with van der Waals surface area (Å²) in [5.41, 5.74) is 1.12. The molecule has 0 saturated heterocycles. The Hall–Kier alpha value is -0.630. The van der Waals surface area contributed by atoms with E-state index in [9.17, 15) is 4.79 Å². The molecule has 0 atom stereocenters. The van der Waals surface area contributed by atoms with E-state index in [0.717, 1.165) is 5.56 Å². The van der Waals surface area contributed by atoms with Crippen molar-refractivity contribution in [1.29, 1.82) is 0 Å². The van der Waals surface area contributed by atoms with Crippen molar-refractivity contribution < 1.29 is 18.6 Å². The van der Waals surface area contributed by atoms with Gasteiger partial charge in [-0.05, 0) is 75.1 Å². The topological polar surface area (TPSA) is 60.0 Å². The molecule has 0 unspecified atom stereocenters. The Kier molecular flexibility index (Phi) is 10.9. The fourth-order valence-electron chi connectivity index (χ4n) is 2.22. The summed E-state index contributed by atoms with van der Waals surface area (Å²) in [6.07, 6.45) is -0.506. The molecule has 1 N–H and O–H groups in total. The summed E-state index contributed by atoms with van der Waals surface area (Å²) in [5.74, 6) is 1.20. The molecule has 27 heavy (non-hydrogen) atoms. The number of rotatable bonds is 11. The maximum Gasteiger partial charge on any atom is 0.413 e. The van der Waals surface area contributed by atoms with Gasteiger partial charge in [-0.25, -0.2) is 4.79 Å². The second-order valence-corrected chi connectivity index (χ2v) is 10.7. The quantitative estimate of drug-likeness (QED) is 0.280. The van der Waals surface area contributed by atoms with Gasteiger partial charge < -0.3 is 19.1 Å². The normalized spacial score (nSPS) is 12.0. The van der Waals surface area contributed by atoms with E-state index in [-0.39, 0.29) is 6.04 Å². The number of amides is 1. The summed E-state index contributed by atoms with van der Waals surface area (Å²) in [4.78, 5) is 12.1. The van der Waals surface area contributed by atoms with E-state index in [4.69, 9.17) is 25.6 Å². The molecule has 0 spiro atoms. The van der Waals surface area contributed by atoms with E-state index in [1.807, 2.05) is 50.0 Å². The first-order valence-electron chi connectivity index (χ1n) is 9.10. The predicted molar refractivity (Wildman–Crippen MR) is 117 cm³/mol. The zero-order chi connectivity index (χ0) is 20.4. The van der Waals surface area contributed by atoms with Crippen LogP contribution in [0.25, 0.3) is 0 Å². The Labute approximate surface area is 172 Å². The zero-order valence-corrected chi connectivity index (χ0v) is 19.5. The van der Waals surface area contributed by atoms with Gasteiger partial charge in [-0.2, -0.15) is 4.08 Å². The molecular formula is C18H31N2O4PS2. The van der Waals surface area contributed by atoms with Crippen LogP contribution >= 0.6 is 18.6 Å². The van der Waals surface area contributed by atoms with Gasteiger partial charge in [0.1, 0.15) is 5.75 Å². The first-order chi connectivity index (χ1) is 12.7. The number of ether oxygens (including phenoxy) is 1. The molecular weight excluding hydrogens is 403 g/mol. The molecule has 1 aromatic carbocycles. The number of hydrogen-bond donors (Lipinski definition) is 1. The Morgan fingerprint density at radius 2 is 1.85 bits per heavy atom. The Bertz CT molecular complexity index is 634. The lowest BCUT2D eigenvalue weighted by Crippen LogP contribution is -2.31. The van der Waals surface area contributed by atoms with E-state index in [2.05, 4.69) is 19.2 Å². The maximum atomic E-state index is 12.1. The Balaban J connectivity index is 2.63. The van der Waals surface area contributed by atoms with Crippen LogP contribution in [-0.2, 0) is 20.9 Å². The van der Waals surface area contributed by atoms with Gasteiger partial charge in [0.15, 0.2) is 0 Å². The number of hydrogen-bond acceptors (Lipinski definition) is 6. The second-order valence-electron chi connectivity index (χ2n) is 6.27. The largest absolute Gasteiger partial charge is 0.413 e. The summed E-state index contributed by atoms with van der Waals surface area (Å²) in [7, 11) is 0. The molecule has 0 aliphatic carbocycles. The molecule has 1 aromatic rings. The smallest absolute Gasteiger partial charge is 0.410 e. The van der Waals surface area contributed by atoms with Gasteiger partial charge in [-0.1, -0.05) is 26.0 Å². The Morgan fingerprint density at radius 3 is 2.37 bits per heavy atom. The summed E-state index contributed by atoms with van der Waals surface area (Å²) in [6.45, 7) is 10.4. The van der Waals surface area contributed by atoms with E-state index in [1.165, 1.54) is 11.9 Å². The lowest BCUT2D eigenvalue weighted by Gasteiger charge is -2.34. The van der Waals surface area contributed by atoms with Gasteiger partial charge in [0.05, 0.1) is 19.1 Å². The van der Waals surface area contributed by atoms with Crippen molar-refractivity contribution in [3.8, 4) is 5.75 Å². The van der Waals surface area contributed by atoms with Crippen LogP contribution in [-0.4, -0.2) is 35.3 Å². The van der Waals surface area contributed by atoms with Crippen LogP contribution in [0.3, 0.4) is 0 Å². The molecule has 0 aliphatic rings. The predicted octanol–water partition coefficient (Wildman–Crippen LogP) is 5.51. The van der Waals surface area contributed by atoms with Crippen LogP contribution in [0.1, 0.15) is 53.0 Å². The van der Waals surface area contributed by atoms with Crippen molar-refractivity contribution in [2.45, 2.75) is 53.5 Å². The standard InChI is InChI=1S/C18H31N2O4PS2/c1-7-22-25(26,23-8-2)20(15(5)6)27-13-19-18(21)24-17-11-9-10-16(12-17)14(3)4/h9-12,14-15H,7-8,13H2,1-6H3,(H,19,21). The number of nitrogens with one attached hydrogen (secondary N) is 1. The lowest BCUT2D eigenvalue weighted by atomic mass is 10.0. The molecule has 6 nitrogen and oxygen atoms in total.